The molecule has 1 aliphatic heterocycles. The van der Waals surface area contributed by atoms with Crippen LogP contribution in [0.3, 0.4) is 0 Å². The van der Waals surface area contributed by atoms with Crippen LogP contribution in [0.4, 0.5) is 25.0 Å². The highest BCUT2D eigenvalue weighted by atomic mass is 19.1. The second-order valence-corrected chi connectivity index (χ2v) is 10.2. The SMILES string of the molecule is CO[C@H]1CN(C)C(=O)c2ccc(NC(=O)Nc3cc(F)ccc3F)cc2OC[C@H](C)N(C(=O)c2ccccn2)C[C@H]1C. The predicted octanol–water partition coefficient (Wildman–Crippen LogP) is 4.65. The molecule has 2 heterocycles. The number of benzene rings is 2. The Hall–Kier alpha value is -4.58. The minimum Gasteiger partial charge on any atom is -0.491 e. The van der Waals surface area contributed by atoms with Crippen molar-refractivity contribution >= 4 is 29.2 Å². The molecule has 1 aliphatic rings. The highest BCUT2D eigenvalue weighted by Gasteiger charge is 2.31. The first-order valence-electron chi connectivity index (χ1n) is 13.4. The summed E-state index contributed by atoms with van der Waals surface area (Å²) in [5.41, 5.74) is 0.429. The third-order valence-corrected chi connectivity index (χ3v) is 7.03. The number of nitrogens with one attached hydrogen (secondary N) is 2. The fraction of sp³-hybridized carbons (Fsp3) is 0.333. The van der Waals surface area contributed by atoms with Gasteiger partial charge in [-0.15, -0.1) is 0 Å². The van der Waals surface area contributed by atoms with E-state index < -0.39 is 23.7 Å². The number of halogens is 2. The van der Waals surface area contributed by atoms with Gasteiger partial charge in [-0.2, -0.15) is 0 Å². The number of hydrogen-bond acceptors (Lipinski definition) is 6. The number of ether oxygens (including phenoxy) is 2. The summed E-state index contributed by atoms with van der Waals surface area (Å²) in [5.74, 6) is -2.08. The van der Waals surface area contributed by atoms with Gasteiger partial charge in [0.2, 0.25) is 0 Å². The lowest BCUT2D eigenvalue weighted by Crippen LogP contribution is -2.48. The highest BCUT2D eigenvalue weighted by Crippen LogP contribution is 2.27. The molecule has 3 atom stereocenters. The minimum atomic E-state index is -0.825. The van der Waals surface area contributed by atoms with Crippen LogP contribution in [-0.2, 0) is 4.74 Å². The molecule has 2 aromatic carbocycles. The summed E-state index contributed by atoms with van der Waals surface area (Å²) in [5, 5.41) is 4.81. The zero-order valence-electron chi connectivity index (χ0n) is 23.8. The van der Waals surface area contributed by atoms with Crippen molar-refractivity contribution in [1.29, 1.82) is 0 Å². The topological polar surface area (TPSA) is 113 Å². The van der Waals surface area contributed by atoms with Gasteiger partial charge >= 0.3 is 6.03 Å². The Kier molecular flexibility index (Phi) is 9.68. The molecule has 0 bridgehead atoms. The Morgan fingerprint density at radius 3 is 2.55 bits per heavy atom. The minimum absolute atomic E-state index is 0.0249. The number of nitrogens with zero attached hydrogens (tertiary/aromatic N) is 3. The van der Waals surface area contributed by atoms with Crippen molar-refractivity contribution in [3.63, 3.8) is 0 Å². The first kappa shape index (κ1) is 30.4. The van der Waals surface area contributed by atoms with Crippen LogP contribution in [0.25, 0.3) is 0 Å². The van der Waals surface area contributed by atoms with E-state index in [0.29, 0.717) is 6.54 Å². The number of amides is 4. The first-order chi connectivity index (χ1) is 20.1. The van der Waals surface area contributed by atoms with E-state index >= 15 is 0 Å². The standard InChI is InChI=1S/C30H33F2N5O5/c1-18-15-37(29(39)24-7-5-6-12-33-24)19(2)17-42-26-14-21(9-10-22(26)28(38)36(3)16-27(18)41-4)34-30(40)35-25-13-20(31)8-11-23(25)32/h5-14,18-19,27H,15-17H2,1-4H3,(H2,34,35,40)/t18-,19+,27+/m1/s1. The molecule has 0 aliphatic carbocycles. The number of anilines is 2. The maximum absolute atomic E-state index is 14.0. The molecule has 0 saturated carbocycles. The van der Waals surface area contributed by atoms with Gasteiger partial charge in [0.1, 0.15) is 29.7 Å². The molecule has 4 amide bonds. The molecule has 42 heavy (non-hydrogen) atoms. The normalized spacial score (nSPS) is 19.6. The van der Waals surface area contributed by atoms with Crippen LogP contribution in [0.1, 0.15) is 34.7 Å². The lowest BCUT2D eigenvalue weighted by Gasteiger charge is -2.36. The molecule has 0 radical (unpaired) electrons. The number of carbonyl (C=O) groups excluding carboxylic acids is 3. The quantitative estimate of drug-likeness (QED) is 0.464. The predicted molar refractivity (Wildman–Crippen MR) is 153 cm³/mol. The van der Waals surface area contributed by atoms with E-state index in [0.717, 1.165) is 18.2 Å². The van der Waals surface area contributed by atoms with Gasteiger partial charge in [-0.3, -0.25) is 14.6 Å². The third kappa shape index (κ3) is 7.19. The van der Waals surface area contributed by atoms with Gasteiger partial charge in [0.15, 0.2) is 0 Å². The van der Waals surface area contributed by atoms with Gasteiger partial charge < -0.3 is 29.9 Å². The van der Waals surface area contributed by atoms with E-state index in [1.165, 1.54) is 23.1 Å². The van der Waals surface area contributed by atoms with Gasteiger partial charge in [0.05, 0.1) is 23.4 Å². The molecule has 0 unspecified atom stereocenters. The van der Waals surface area contributed by atoms with E-state index in [1.807, 2.05) is 13.8 Å². The summed E-state index contributed by atoms with van der Waals surface area (Å²) in [6.45, 7) is 4.38. The molecular weight excluding hydrogens is 548 g/mol. The van der Waals surface area contributed by atoms with Crippen molar-refractivity contribution in [3.05, 3.63) is 83.7 Å². The summed E-state index contributed by atoms with van der Waals surface area (Å²) in [6.07, 6.45) is 1.18. The number of methoxy groups -OCH3 is 1. The lowest BCUT2D eigenvalue weighted by molar-refractivity contribution is 0.0109. The number of pyridine rings is 1. The zero-order valence-corrected chi connectivity index (χ0v) is 23.8. The van der Waals surface area contributed by atoms with Gasteiger partial charge in [0, 0.05) is 57.2 Å². The highest BCUT2D eigenvalue weighted by molar-refractivity contribution is 6.01. The third-order valence-electron chi connectivity index (χ3n) is 7.03. The molecule has 12 heteroatoms. The van der Waals surface area contributed by atoms with E-state index in [-0.39, 0.29) is 65.4 Å². The van der Waals surface area contributed by atoms with E-state index in [9.17, 15) is 23.2 Å². The monoisotopic (exact) mass is 581 g/mol. The molecule has 10 nitrogen and oxygen atoms in total. The maximum atomic E-state index is 14.0. The van der Waals surface area contributed by atoms with Gasteiger partial charge in [-0.1, -0.05) is 13.0 Å². The van der Waals surface area contributed by atoms with E-state index in [2.05, 4.69) is 15.6 Å². The van der Waals surface area contributed by atoms with Gasteiger partial charge in [-0.05, 0) is 43.3 Å². The maximum Gasteiger partial charge on any atom is 0.323 e. The van der Waals surface area contributed by atoms with Crippen molar-refractivity contribution in [3.8, 4) is 5.75 Å². The number of likely N-dealkylation sites (N-methyl/N-ethyl adjacent to an activating group) is 1. The van der Waals surface area contributed by atoms with Crippen molar-refractivity contribution < 1.29 is 32.6 Å². The molecule has 222 valence electrons. The van der Waals surface area contributed by atoms with Gasteiger partial charge in [-0.25, -0.2) is 13.6 Å². The summed E-state index contributed by atoms with van der Waals surface area (Å²) in [4.78, 5) is 46.9. The Balaban J connectivity index is 1.62. The average molecular weight is 582 g/mol. The molecule has 2 N–H and O–H groups in total. The fourth-order valence-corrected chi connectivity index (χ4v) is 4.65. The zero-order chi connectivity index (χ0) is 30.4. The smallest absolute Gasteiger partial charge is 0.323 e. The van der Waals surface area contributed by atoms with Crippen molar-refractivity contribution in [2.24, 2.45) is 5.92 Å². The second-order valence-electron chi connectivity index (χ2n) is 10.2. The molecule has 4 rings (SSSR count). The number of hydrogen-bond donors (Lipinski definition) is 2. The molecule has 3 aromatic rings. The molecule has 0 spiro atoms. The Labute approximate surface area is 242 Å². The number of aromatic nitrogens is 1. The number of urea groups is 1. The Morgan fingerprint density at radius 1 is 1.05 bits per heavy atom. The largest absolute Gasteiger partial charge is 0.491 e. The van der Waals surface area contributed by atoms with Crippen LogP contribution in [-0.4, -0.2) is 78.6 Å². The molecule has 0 fully saturated rings. The average Bonchev–Trinajstić information content (AvgIpc) is 2.98. The summed E-state index contributed by atoms with van der Waals surface area (Å²) >= 11 is 0. The van der Waals surface area contributed by atoms with Crippen LogP contribution < -0.4 is 15.4 Å². The molecule has 1 aromatic heterocycles. The number of carbonyl (C=O) groups is 3. The van der Waals surface area contributed by atoms with Gasteiger partial charge in [0.25, 0.3) is 11.8 Å². The van der Waals surface area contributed by atoms with E-state index in [4.69, 9.17) is 9.47 Å². The fourth-order valence-electron chi connectivity index (χ4n) is 4.65. The van der Waals surface area contributed by atoms with Crippen molar-refractivity contribution in [1.82, 2.24) is 14.8 Å². The van der Waals surface area contributed by atoms with Crippen LogP contribution in [0.15, 0.2) is 60.8 Å². The summed E-state index contributed by atoms with van der Waals surface area (Å²) < 4.78 is 39.3. The summed E-state index contributed by atoms with van der Waals surface area (Å²) in [6, 6.07) is 11.0. The summed E-state index contributed by atoms with van der Waals surface area (Å²) in [7, 11) is 3.21. The van der Waals surface area contributed by atoms with Crippen molar-refractivity contribution in [2.45, 2.75) is 26.0 Å². The Morgan fingerprint density at radius 2 is 1.83 bits per heavy atom. The molecular formula is C30H33F2N5O5. The Bertz CT molecular complexity index is 1440. The first-order valence-corrected chi connectivity index (χ1v) is 13.4. The molecule has 0 saturated heterocycles. The van der Waals surface area contributed by atoms with Crippen LogP contribution in [0.2, 0.25) is 0 Å². The van der Waals surface area contributed by atoms with Crippen LogP contribution >= 0.6 is 0 Å². The van der Waals surface area contributed by atoms with E-state index in [1.54, 1.807) is 43.5 Å². The lowest BCUT2D eigenvalue weighted by atomic mass is 10.0. The number of fused-ring (bicyclic) bond motifs is 1. The second kappa shape index (κ2) is 13.4. The number of rotatable bonds is 4. The van der Waals surface area contributed by atoms with Crippen LogP contribution in [0, 0.1) is 17.6 Å². The van der Waals surface area contributed by atoms with Crippen molar-refractivity contribution in [2.75, 3.05) is 44.5 Å². The van der Waals surface area contributed by atoms with Crippen LogP contribution in [0.5, 0.6) is 5.75 Å².